The SMILES string of the molecule is CC1CN(c2ccc(NC(=O)c3ccc(SC(F)F)cc3)cc2F)CC(C)O1. The molecule has 2 aromatic rings. The molecule has 28 heavy (non-hydrogen) atoms. The Morgan fingerprint density at radius 2 is 1.79 bits per heavy atom. The van der Waals surface area contributed by atoms with Gasteiger partial charge in [0.25, 0.3) is 11.7 Å². The highest BCUT2D eigenvalue weighted by atomic mass is 32.2. The number of hydrogen-bond donors (Lipinski definition) is 1. The summed E-state index contributed by atoms with van der Waals surface area (Å²) in [5.41, 5.74) is 1.10. The van der Waals surface area contributed by atoms with Crippen LogP contribution in [0.15, 0.2) is 47.4 Å². The molecule has 0 bridgehead atoms. The van der Waals surface area contributed by atoms with Crippen LogP contribution in [-0.4, -0.2) is 37.0 Å². The zero-order valence-corrected chi connectivity index (χ0v) is 16.3. The Labute approximate surface area is 166 Å². The van der Waals surface area contributed by atoms with Crippen molar-refractivity contribution in [2.24, 2.45) is 0 Å². The van der Waals surface area contributed by atoms with Crippen LogP contribution in [0.25, 0.3) is 0 Å². The van der Waals surface area contributed by atoms with Crippen molar-refractivity contribution < 1.29 is 22.7 Å². The number of amides is 1. The molecule has 0 aliphatic carbocycles. The van der Waals surface area contributed by atoms with E-state index in [1.54, 1.807) is 12.1 Å². The molecule has 8 heteroatoms. The van der Waals surface area contributed by atoms with E-state index >= 15 is 0 Å². The van der Waals surface area contributed by atoms with E-state index in [4.69, 9.17) is 4.74 Å². The third-order valence-electron chi connectivity index (χ3n) is 4.31. The van der Waals surface area contributed by atoms with Crippen LogP contribution in [0, 0.1) is 5.82 Å². The second-order valence-corrected chi connectivity index (χ2v) is 7.75. The van der Waals surface area contributed by atoms with Crippen molar-refractivity contribution in [1.82, 2.24) is 0 Å². The zero-order valence-electron chi connectivity index (χ0n) is 15.5. The lowest BCUT2D eigenvalue weighted by atomic mass is 10.1. The first-order chi connectivity index (χ1) is 13.3. The van der Waals surface area contributed by atoms with Crippen LogP contribution < -0.4 is 10.2 Å². The van der Waals surface area contributed by atoms with Crippen LogP contribution in [0.1, 0.15) is 24.2 Å². The molecule has 0 saturated carbocycles. The second kappa shape index (κ2) is 8.87. The molecule has 0 radical (unpaired) electrons. The third-order valence-corrected chi connectivity index (χ3v) is 5.03. The number of ether oxygens (including phenoxy) is 1. The van der Waals surface area contributed by atoms with Gasteiger partial charge in [0.15, 0.2) is 0 Å². The van der Waals surface area contributed by atoms with Gasteiger partial charge in [0.05, 0.1) is 17.9 Å². The molecule has 1 N–H and O–H groups in total. The molecule has 1 saturated heterocycles. The number of carbonyl (C=O) groups excluding carboxylic acids is 1. The summed E-state index contributed by atoms with van der Waals surface area (Å²) < 4.78 is 45.0. The van der Waals surface area contributed by atoms with E-state index in [-0.39, 0.29) is 12.2 Å². The lowest BCUT2D eigenvalue weighted by Gasteiger charge is -2.37. The lowest BCUT2D eigenvalue weighted by Crippen LogP contribution is -2.45. The van der Waals surface area contributed by atoms with Gasteiger partial charge in [-0.25, -0.2) is 4.39 Å². The Bertz CT molecular complexity index is 823. The number of carbonyl (C=O) groups is 1. The first-order valence-electron chi connectivity index (χ1n) is 8.88. The maximum atomic E-state index is 14.6. The largest absolute Gasteiger partial charge is 0.372 e. The minimum Gasteiger partial charge on any atom is -0.372 e. The van der Waals surface area contributed by atoms with Gasteiger partial charge in [-0.3, -0.25) is 4.79 Å². The molecule has 1 fully saturated rings. The molecule has 1 amide bonds. The zero-order chi connectivity index (χ0) is 20.3. The van der Waals surface area contributed by atoms with Crippen LogP contribution in [0.2, 0.25) is 0 Å². The average Bonchev–Trinajstić information content (AvgIpc) is 2.61. The van der Waals surface area contributed by atoms with E-state index in [2.05, 4.69) is 5.32 Å². The number of benzene rings is 2. The number of morpholine rings is 1. The van der Waals surface area contributed by atoms with Crippen molar-refractivity contribution in [3.8, 4) is 0 Å². The third kappa shape index (κ3) is 5.20. The number of thioether (sulfide) groups is 1. The minimum atomic E-state index is -2.52. The predicted octanol–water partition coefficient (Wildman–Crippen LogP) is 5.01. The van der Waals surface area contributed by atoms with Crippen molar-refractivity contribution in [3.63, 3.8) is 0 Å². The average molecular weight is 410 g/mol. The van der Waals surface area contributed by atoms with Gasteiger partial charge in [0, 0.05) is 29.2 Å². The Kier molecular flexibility index (Phi) is 6.51. The van der Waals surface area contributed by atoms with Crippen molar-refractivity contribution >= 4 is 29.0 Å². The maximum absolute atomic E-state index is 14.6. The molecule has 2 aromatic carbocycles. The van der Waals surface area contributed by atoms with Crippen molar-refractivity contribution in [2.45, 2.75) is 36.7 Å². The summed E-state index contributed by atoms with van der Waals surface area (Å²) in [6.45, 7) is 5.08. The predicted molar refractivity (Wildman–Crippen MR) is 105 cm³/mol. The number of nitrogens with one attached hydrogen (secondary N) is 1. The summed E-state index contributed by atoms with van der Waals surface area (Å²) >= 11 is 0.412. The van der Waals surface area contributed by atoms with Crippen molar-refractivity contribution in [3.05, 3.63) is 53.8 Å². The highest BCUT2D eigenvalue weighted by Crippen LogP contribution is 2.27. The van der Waals surface area contributed by atoms with Crippen LogP contribution in [0.5, 0.6) is 0 Å². The molecule has 2 unspecified atom stereocenters. The fourth-order valence-electron chi connectivity index (χ4n) is 3.21. The highest BCUT2D eigenvalue weighted by Gasteiger charge is 2.24. The van der Waals surface area contributed by atoms with Crippen molar-refractivity contribution in [2.75, 3.05) is 23.3 Å². The van der Waals surface area contributed by atoms with Gasteiger partial charge in [-0.1, -0.05) is 11.8 Å². The highest BCUT2D eigenvalue weighted by molar-refractivity contribution is 7.99. The topological polar surface area (TPSA) is 41.6 Å². The van der Waals surface area contributed by atoms with Gasteiger partial charge < -0.3 is 15.0 Å². The monoisotopic (exact) mass is 410 g/mol. The van der Waals surface area contributed by atoms with Gasteiger partial charge in [-0.2, -0.15) is 8.78 Å². The van der Waals surface area contributed by atoms with Gasteiger partial charge in [-0.05, 0) is 56.3 Å². The Hall–Kier alpha value is -2.19. The molecule has 3 rings (SSSR count). The second-order valence-electron chi connectivity index (χ2n) is 6.69. The van der Waals surface area contributed by atoms with Gasteiger partial charge >= 0.3 is 0 Å². The fourth-order valence-corrected chi connectivity index (χ4v) is 3.71. The molecule has 2 atom stereocenters. The molecule has 150 valence electrons. The number of alkyl halides is 2. The number of rotatable bonds is 5. The Morgan fingerprint density at radius 3 is 2.36 bits per heavy atom. The number of halogens is 3. The van der Waals surface area contributed by atoms with Gasteiger partial charge in [-0.15, -0.1) is 0 Å². The molecular formula is C20H21F3N2O2S. The number of nitrogens with zero attached hydrogens (tertiary/aromatic N) is 1. The Balaban J connectivity index is 1.67. The number of hydrogen-bond acceptors (Lipinski definition) is 4. The van der Waals surface area contributed by atoms with E-state index < -0.39 is 17.5 Å². The van der Waals surface area contributed by atoms with Crippen LogP contribution in [0.4, 0.5) is 24.5 Å². The quantitative estimate of drug-likeness (QED) is 0.704. The van der Waals surface area contributed by atoms with Crippen LogP contribution in [0.3, 0.4) is 0 Å². The van der Waals surface area contributed by atoms with Crippen LogP contribution >= 0.6 is 11.8 Å². The summed E-state index contributed by atoms with van der Waals surface area (Å²) in [6, 6.07) is 10.4. The molecular weight excluding hydrogens is 389 g/mol. The maximum Gasteiger partial charge on any atom is 0.288 e. The number of anilines is 2. The molecule has 0 spiro atoms. The van der Waals surface area contributed by atoms with E-state index in [0.717, 1.165) is 0 Å². The first kappa shape index (κ1) is 20.5. The lowest BCUT2D eigenvalue weighted by molar-refractivity contribution is -0.00539. The first-order valence-corrected chi connectivity index (χ1v) is 9.76. The van der Waals surface area contributed by atoms with Crippen LogP contribution in [-0.2, 0) is 4.74 Å². The minimum absolute atomic E-state index is 0.00809. The summed E-state index contributed by atoms with van der Waals surface area (Å²) in [5, 5.41) is 2.63. The Morgan fingerprint density at radius 1 is 1.14 bits per heavy atom. The summed E-state index contributed by atoms with van der Waals surface area (Å²) in [5.74, 6) is -3.38. The fraction of sp³-hybridized carbons (Fsp3) is 0.350. The van der Waals surface area contributed by atoms with E-state index in [0.29, 0.717) is 46.7 Å². The van der Waals surface area contributed by atoms with Gasteiger partial charge in [0.2, 0.25) is 0 Å². The smallest absolute Gasteiger partial charge is 0.288 e. The standard InChI is InChI=1S/C20H21F3N2O2S/c1-12-10-25(11-13(2)27-12)18-8-5-15(9-17(18)21)24-19(26)14-3-6-16(7-4-14)28-20(22)23/h3-9,12-13,20H,10-11H2,1-2H3,(H,24,26). The molecule has 1 aliphatic heterocycles. The van der Waals surface area contributed by atoms with Gasteiger partial charge in [0.1, 0.15) is 5.82 Å². The molecule has 1 heterocycles. The van der Waals surface area contributed by atoms with Crippen molar-refractivity contribution in [1.29, 1.82) is 0 Å². The van der Waals surface area contributed by atoms with E-state index in [9.17, 15) is 18.0 Å². The normalized spacial score (nSPS) is 19.7. The molecule has 1 aliphatic rings. The van der Waals surface area contributed by atoms with E-state index in [1.807, 2.05) is 18.7 Å². The summed E-state index contributed by atoms with van der Waals surface area (Å²) in [6.07, 6.45) is 0.0162. The molecule has 4 nitrogen and oxygen atoms in total. The summed E-state index contributed by atoms with van der Waals surface area (Å²) in [7, 11) is 0. The molecule has 0 aromatic heterocycles. The van der Waals surface area contributed by atoms with E-state index in [1.165, 1.54) is 30.3 Å². The summed E-state index contributed by atoms with van der Waals surface area (Å²) in [4.78, 5) is 14.6.